The molecule has 0 atom stereocenters. The lowest BCUT2D eigenvalue weighted by molar-refractivity contribution is 0.156. The Balaban J connectivity index is 1.65. The minimum Gasteiger partial charge on any atom is -0.442 e. The molecule has 0 fully saturated rings. The molecule has 0 unspecified atom stereocenters. The Hall–Kier alpha value is -1.42. The van der Waals surface area contributed by atoms with E-state index in [1.165, 1.54) is 17.6 Å². The van der Waals surface area contributed by atoms with Gasteiger partial charge in [0.1, 0.15) is 16.8 Å². The standard InChI is InChI=1S/C21H18Cl4FN3O2S2/c22-13-5-4-12(15(23)6-13)9-28-19-11(8-27)2-1-3-14(19)17(26)10-31-21(30)29-33-18-7-16(24)20(25)32-18/h4-8,27-28H,1-3,9-10H2,(H,29,30)/b17-14+,27-8?. The van der Waals surface area contributed by atoms with Crippen LogP contribution in [0.4, 0.5) is 9.18 Å². The van der Waals surface area contributed by atoms with Gasteiger partial charge in [-0.15, -0.1) is 11.3 Å². The van der Waals surface area contributed by atoms with Crippen molar-refractivity contribution in [2.24, 2.45) is 0 Å². The number of benzene rings is 1. The smallest absolute Gasteiger partial charge is 0.417 e. The molecule has 0 saturated heterocycles. The van der Waals surface area contributed by atoms with Crippen molar-refractivity contribution in [3.8, 4) is 0 Å². The van der Waals surface area contributed by atoms with Gasteiger partial charge in [-0.1, -0.05) is 52.5 Å². The zero-order chi connectivity index (χ0) is 24.0. The van der Waals surface area contributed by atoms with Crippen molar-refractivity contribution in [2.45, 2.75) is 30.0 Å². The molecule has 2 aromatic rings. The predicted molar refractivity (Wildman–Crippen MR) is 136 cm³/mol. The molecule has 1 amide bonds. The molecule has 0 bridgehead atoms. The molecule has 33 heavy (non-hydrogen) atoms. The molecule has 12 heteroatoms. The van der Waals surface area contributed by atoms with Gasteiger partial charge in [0.25, 0.3) is 0 Å². The van der Waals surface area contributed by atoms with Crippen LogP contribution in [0.25, 0.3) is 0 Å². The number of thiophene rings is 1. The second kappa shape index (κ2) is 12.3. The number of allylic oxidation sites excluding steroid dienone is 2. The van der Waals surface area contributed by atoms with E-state index in [1.807, 2.05) is 0 Å². The summed E-state index contributed by atoms with van der Waals surface area (Å²) in [5.74, 6) is -0.582. The number of hydrogen-bond donors (Lipinski definition) is 3. The normalized spacial score (nSPS) is 15.3. The van der Waals surface area contributed by atoms with E-state index in [1.54, 1.807) is 24.3 Å². The summed E-state index contributed by atoms with van der Waals surface area (Å²) in [6.07, 6.45) is 2.18. The minimum absolute atomic E-state index is 0.323. The van der Waals surface area contributed by atoms with Gasteiger partial charge in [0.2, 0.25) is 0 Å². The Morgan fingerprint density at radius 1 is 1.21 bits per heavy atom. The molecular formula is C21H18Cl4FN3O2S2. The van der Waals surface area contributed by atoms with Crippen molar-refractivity contribution in [2.75, 3.05) is 6.61 Å². The predicted octanol–water partition coefficient (Wildman–Crippen LogP) is 8.20. The fraction of sp³-hybridized carbons (Fsp3) is 0.238. The van der Waals surface area contributed by atoms with Crippen LogP contribution in [0.2, 0.25) is 19.4 Å². The summed E-state index contributed by atoms with van der Waals surface area (Å²) in [5, 5.41) is 12.3. The lowest BCUT2D eigenvalue weighted by Crippen LogP contribution is -2.23. The summed E-state index contributed by atoms with van der Waals surface area (Å²) in [6.45, 7) is -0.213. The molecule has 1 aliphatic carbocycles. The van der Waals surface area contributed by atoms with Gasteiger partial charge in [0.05, 0.1) is 9.23 Å². The maximum absolute atomic E-state index is 15.0. The number of rotatable bonds is 8. The number of hydrogen-bond acceptors (Lipinski definition) is 6. The highest BCUT2D eigenvalue weighted by molar-refractivity contribution is 7.99. The lowest BCUT2D eigenvalue weighted by Gasteiger charge is -2.23. The van der Waals surface area contributed by atoms with Crippen LogP contribution in [0.15, 0.2) is 51.1 Å². The molecule has 3 N–H and O–H groups in total. The fourth-order valence-electron chi connectivity index (χ4n) is 3.10. The lowest BCUT2D eigenvalue weighted by atomic mass is 9.91. The van der Waals surface area contributed by atoms with E-state index in [-0.39, 0.29) is 0 Å². The van der Waals surface area contributed by atoms with Gasteiger partial charge in [0, 0.05) is 46.0 Å². The molecule has 176 valence electrons. The van der Waals surface area contributed by atoms with Crippen molar-refractivity contribution in [1.29, 1.82) is 5.41 Å². The molecule has 0 saturated carbocycles. The third-order valence-corrected chi connectivity index (χ3v) is 7.99. The van der Waals surface area contributed by atoms with Crippen LogP contribution in [0.1, 0.15) is 24.8 Å². The first-order chi connectivity index (χ1) is 15.8. The first kappa shape index (κ1) is 26.2. The van der Waals surface area contributed by atoms with E-state index in [4.69, 9.17) is 56.5 Å². The second-order valence-corrected chi connectivity index (χ2v) is 10.8. The van der Waals surface area contributed by atoms with Gasteiger partial charge < -0.3 is 15.5 Å². The molecule has 1 aromatic carbocycles. The second-order valence-electron chi connectivity index (χ2n) is 6.84. The van der Waals surface area contributed by atoms with E-state index in [0.29, 0.717) is 66.3 Å². The van der Waals surface area contributed by atoms with Crippen molar-refractivity contribution in [3.63, 3.8) is 0 Å². The molecule has 5 nitrogen and oxygen atoms in total. The number of ether oxygens (including phenoxy) is 1. The molecule has 1 aromatic heterocycles. The Bertz CT molecular complexity index is 1100. The van der Waals surface area contributed by atoms with E-state index in [9.17, 15) is 4.79 Å². The van der Waals surface area contributed by atoms with Gasteiger partial charge in [0.15, 0.2) is 0 Å². The van der Waals surface area contributed by atoms with Crippen molar-refractivity contribution < 1.29 is 13.9 Å². The quantitative estimate of drug-likeness (QED) is 0.221. The van der Waals surface area contributed by atoms with Gasteiger partial charge in [-0.3, -0.25) is 4.72 Å². The highest BCUT2D eigenvalue weighted by Crippen LogP contribution is 2.36. The van der Waals surface area contributed by atoms with Crippen LogP contribution in [0, 0.1) is 5.41 Å². The number of carbonyl (C=O) groups excluding carboxylic acids is 1. The van der Waals surface area contributed by atoms with E-state index in [0.717, 1.165) is 17.5 Å². The largest absolute Gasteiger partial charge is 0.442 e. The monoisotopic (exact) mass is 567 g/mol. The molecule has 3 rings (SSSR count). The number of halogens is 5. The van der Waals surface area contributed by atoms with Gasteiger partial charge in [-0.25, -0.2) is 9.18 Å². The van der Waals surface area contributed by atoms with Crippen LogP contribution in [0.5, 0.6) is 0 Å². The van der Waals surface area contributed by atoms with Crippen molar-refractivity contribution >= 4 is 82.0 Å². The summed E-state index contributed by atoms with van der Waals surface area (Å²) in [6, 6.07) is 6.74. The maximum Gasteiger partial charge on any atom is 0.417 e. The minimum atomic E-state index is -0.800. The first-order valence-corrected chi connectivity index (χ1v) is 12.8. The summed E-state index contributed by atoms with van der Waals surface area (Å²) in [7, 11) is 0. The van der Waals surface area contributed by atoms with Gasteiger partial charge in [-0.2, -0.15) is 0 Å². The topological polar surface area (TPSA) is 74.2 Å². The Kier molecular flexibility index (Phi) is 9.79. The Morgan fingerprint density at radius 3 is 2.67 bits per heavy atom. The highest BCUT2D eigenvalue weighted by atomic mass is 35.5. The van der Waals surface area contributed by atoms with E-state index in [2.05, 4.69) is 10.0 Å². The SMILES string of the molecule is N=CC1=C(NCc2ccc(Cl)cc2Cl)/C(=C(/F)COC(=O)NSc2cc(Cl)c(Cl)s2)CCC1. The summed E-state index contributed by atoms with van der Waals surface area (Å²) in [4.78, 5) is 12.0. The molecule has 1 heterocycles. The molecule has 0 radical (unpaired) electrons. The van der Waals surface area contributed by atoms with Gasteiger partial charge in [-0.05, 0) is 48.6 Å². The average Bonchev–Trinajstić information content (AvgIpc) is 3.12. The van der Waals surface area contributed by atoms with Crippen LogP contribution >= 0.6 is 69.7 Å². The number of carbonyl (C=O) groups is 1. The third-order valence-electron chi connectivity index (χ3n) is 4.66. The van der Waals surface area contributed by atoms with Crippen molar-refractivity contribution in [1.82, 2.24) is 10.0 Å². The molecule has 1 aliphatic rings. The fourth-order valence-corrected chi connectivity index (χ4v) is 5.84. The molecule has 0 spiro atoms. The van der Waals surface area contributed by atoms with Crippen LogP contribution in [-0.4, -0.2) is 18.9 Å². The maximum atomic E-state index is 15.0. The van der Waals surface area contributed by atoms with E-state index < -0.39 is 18.5 Å². The van der Waals surface area contributed by atoms with E-state index >= 15 is 4.39 Å². The van der Waals surface area contributed by atoms with Crippen LogP contribution < -0.4 is 10.0 Å². The van der Waals surface area contributed by atoms with Gasteiger partial charge >= 0.3 is 6.09 Å². The number of nitrogens with one attached hydrogen (secondary N) is 3. The zero-order valence-corrected chi connectivity index (χ0v) is 21.6. The first-order valence-electron chi connectivity index (χ1n) is 9.62. The average molecular weight is 569 g/mol. The van der Waals surface area contributed by atoms with Crippen molar-refractivity contribution in [3.05, 3.63) is 71.9 Å². The third kappa shape index (κ3) is 7.28. The summed E-state index contributed by atoms with van der Waals surface area (Å²) in [5.41, 5.74) is 2.34. The number of amides is 1. The zero-order valence-electron chi connectivity index (χ0n) is 16.9. The van der Waals surface area contributed by atoms with Crippen LogP contribution in [-0.2, 0) is 11.3 Å². The summed E-state index contributed by atoms with van der Waals surface area (Å²) >= 11 is 26.1. The Labute approximate surface area is 218 Å². The molecule has 0 aliphatic heterocycles. The Morgan fingerprint density at radius 2 is 2.00 bits per heavy atom. The summed E-state index contributed by atoms with van der Waals surface area (Å²) < 4.78 is 23.6. The highest BCUT2D eigenvalue weighted by Gasteiger charge is 2.21. The van der Waals surface area contributed by atoms with Crippen LogP contribution in [0.3, 0.4) is 0 Å². The molecular weight excluding hydrogens is 551 g/mol.